The predicted molar refractivity (Wildman–Crippen MR) is 122 cm³/mol. The van der Waals surface area contributed by atoms with Gasteiger partial charge in [0.05, 0.1) is 25.3 Å². The highest BCUT2D eigenvalue weighted by molar-refractivity contribution is 5.81. The van der Waals surface area contributed by atoms with Crippen molar-refractivity contribution in [1.29, 1.82) is 0 Å². The number of hydrogen-bond acceptors (Lipinski definition) is 6. The lowest BCUT2D eigenvalue weighted by Crippen LogP contribution is -2.33. The third-order valence-electron chi connectivity index (χ3n) is 6.37. The van der Waals surface area contributed by atoms with Gasteiger partial charge in [0.15, 0.2) is 6.29 Å². The molecule has 1 heterocycles. The molecule has 184 valence electrons. The molecule has 0 amide bonds. The summed E-state index contributed by atoms with van der Waals surface area (Å²) in [6.45, 7) is 0.187. The Morgan fingerprint density at radius 3 is 2.50 bits per heavy atom. The van der Waals surface area contributed by atoms with Crippen molar-refractivity contribution in [1.82, 2.24) is 9.78 Å². The molecule has 0 unspecified atom stereocenters. The second-order valence-corrected chi connectivity index (χ2v) is 8.69. The quantitative estimate of drug-likeness (QED) is 0.396. The van der Waals surface area contributed by atoms with Gasteiger partial charge in [0.25, 0.3) is 6.43 Å². The summed E-state index contributed by atoms with van der Waals surface area (Å²) in [7, 11) is 1.32. The number of alkyl halides is 2. The number of methoxy groups -OCH3 is 1. The Morgan fingerprint density at radius 1 is 1.06 bits per heavy atom. The number of hydrogen-bond donors (Lipinski definition) is 3. The van der Waals surface area contributed by atoms with Gasteiger partial charge in [-0.15, -0.1) is 0 Å². The van der Waals surface area contributed by atoms with Crippen LogP contribution >= 0.6 is 0 Å². The van der Waals surface area contributed by atoms with E-state index in [-0.39, 0.29) is 29.5 Å². The minimum absolute atomic E-state index is 0.00868. The van der Waals surface area contributed by atoms with Gasteiger partial charge in [-0.1, -0.05) is 43.5 Å². The van der Waals surface area contributed by atoms with Crippen LogP contribution in [0.5, 0.6) is 5.75 Å². The fraction of sp³-hybridized carbons (Fsp3) is 0.480. The zero-order valence-electron chi connectivity index (χ0n) is 19.0. The van der Waals surface area contributed by atoms with Crippen LogP contribution in [-0.2, 0) is 11.3 Å². The third-order valence-corrected chi connectivity index (χ3v) is 6.37. The van der Waals surface area contributed by atoms with Gasteiger partial charge in [-0.2, -0.15) is 5.10 Å². The minimum atomic E-state index is -2.69. The van der Waals surface area contributed by atoms with Gasteiger partial charge in [0, 0.05) is 17.1 Å². The molecule has 1 aromatic heterocycles. The molecule has 1 saturated carbocycles. The van der Waals surface area contributed by atoms with E-state index in [2.05, 4.69) is 5.10 Å². The molecule has 0 spiro atoms. The molecule has 3 aromatic rings. The van der Waals surface area contributed by atoms with Crippen molar-refractivity contribution in [3.63, 3.8) is 0 Å². The van der Waals surface area contributed by atoms with Gasteiger partial charge in [0.2, 0.25) is 0 Å². The summed E-state index contributed by atoms with van der Waals surface area (Å²) in [5, 5.41) is 35.8. The number of nitrogens with zero attached hydrogens (tertiary/aromatic N) is 2. The van der Waals surface area contributed by atoms with Crippen molar-refractivity contribution >= 4 is 10.9 Å². The standard InChI is InChI=1S/C25H30F2N2O5/c1-33-20-12-15(10-11-18(20)24(26)27)23(30)21(34-17-7-3-2-4-8-17)14-29-13-16-6-5-9-19(25(31)32)22(16)28-29/h5-6,9-13,17,21,23-25,30-32H,2-4,7-8,14H2,1H3/t21-,23+/m0/s1. The van der Waals surface area contributed by atoms with Gasteiger partial charge in [-0.3, -0.25) is 4.68 Å². The summed E-state index contributed by atoms with van der Waals surface area (Å²) in [5.41, 5.74) is 0.905. The fourth-order valence-electron chi connectivity index (χ4n) is 4.58. The zero-order chi connectivity index (χ0) is 24.2. The number of aliphatic hydroxyl groups excluding tert-OH is 2. The lowest BCUT2D eigenvalue weighted by molar-refractivity contribution is -0.0965. The summed E-state index contributed by atoms with van der Waals surface area (Å²) in [6, 6.07) is 9.26. The number of benzene rings is 2. The maximum absolute atomic E-state index is 13.3. The van der Waals surface area contributed by atoms with Gasteiger partial charge in [-0.05, 0) is 30.5 Å². The number of fused-ring (bicyclic) bond motifs is 1. The van der Waals surface area contributed by atoms with Crippen LogP contribution in [0.15, 0.2) is 42.6 Å². The number of aliphatic hydroxyl groups is 3. The summed E-state index contributed by atoms with van der Waals surface area (Å²) in [5.74, 6) is 0.00868. The SMILES string of the molecule is COc1cc([C@@H](O)[C@H](Cn2cc3cccc(C(O)O)c3n2)OC2CCCCC2)ccc1C(F)F. The maximum atomic E-state index is 13.3. The Morgan fingerprint density at radius 2 is 1.82 bits per heavy atom. The second-order valence-electron chi connectivity index (χ2n) is 8.69. The van der Waals surface area contributed by atoms with Crippen LogP contribution in [0, 0.1) is 0 Å². The molecule has 2 atom stereocenters. The Balaban J connectivity index is 1.64. The molecule has 9 heteroatoms. The van der Waals surface area contributed by atoms with E-state index < -0.39 is 24.9 Å². The summed E-state index contributed by atoms with van der Waals surface area (Å²) in [4.78, 5) is 0. The van der Waals surface area contributed by atoms with Gasteiger partial charge < -0.3 is 24.8 Å². The van der Waals surface area contributed by atoms with E-state index in [0.717, 1.165) is 37.5 Å². The highest BCUT2D eigenvalue weighted by Crippen LogP contribution is 2.34. The van der Waals surface area contributed by atoms with Crippen molar-refractivity contribution in [2.45, 2.75) is 69.7 Å². The molecule has 1 aliphatic rings. The van der Waals surface area contributed by atoms with E-state index in [0.29, 0.717) is 11.1 Å². The molecule has 0 bridgehead atoms. The third kappa shape index (κ3) is 5.38. The summed E-state index contributed by atoms with van der Waals surface area (Å²) < 4.78 is 39.6. The second kappa shape index (κ2) is 10.8. The molecule has 7 nitrogen and oxygen atoms in total. The molecule has 0 aliphatic heterocycles. The van der Waals surface area contributed by atoms with E-state index in [9.17, 15) is 24.1 Å². The van der Waals surface area contributed by atoms with Crippen LogP contribution in [0.3, 0.4) is 0 Å². The summed E-state index contributed by atoms with van der Waals surface area (Å²) in [6.07, 6.45) is 0.590. The van der Waals surface area contributed by atoms with Crippen molar-refractivity contribution in [2.75, 3.05) is 7.11 Å². The molecular formula is C25H30F2N2O5. The smallest absolute Gasteiger partial charge is 0.267 e. The monoisotopic (exact) mass is 476 g/mol. The number of aromatic nitrogens is 2. The van der Waals surface area contributed by atoms with Gasteiger partial charge in [-0.25, -0.2) is 8.78 Å². The van der Waals surface area contributed by atoms with Crippen molar-refractivity contribution < 1.29 is 33.6 Å². The molecule has 0 radical (unpaired) electrons. The van der Waals surface area contributed by atoms with Crippen molar-refractivity contribution in [3.8, 4) is 5.75 Å². The van der Waals surface area contributed by atoms with Crippen LogP contribution in [0.2, 0.25) is 0 Å². The molecule has 2 aromatic carbocycles. The lowest BCUT2D eigenvalue weighted by atomic mass is 9.96. The Hall–Kier alpha value is -2.59. The first kappa shape index (κ1) is 24.5. The molecule has 0 saturated heterocycles. The van der Waals surface area contributed by atoms with Crippen LogP contribution in [0.1, 0.15) is 67.6 Å². The Labute approximate surface area is 196 Å². The highest BCUT2D eigenvalue weighted by Gasteiger charge is 2.29. The predicted octanol–water partition coefficient (Wildman–Crippen LogP) is 4.42. The average molecular weight is 477 g/mol. The zero-order valence-corrected chi connectivity index (χ0v) is 19.0. The molecule has 1 aliphatic carbocycles. The Bertz CT molecular complexity index is 1100. The van der Waals surface area contributed by atoms with Crippen LogP contribution in [0.25, 0.3) is 10.9 Å². The van der Waals surface area contributed by atoms with Gasteiger partial charge in [0.1, 0.15) is 23.5 Å². The summed E-state index contributed by atoms with van der Waals surface area (Å²) >= 11 is 0. The molecular weight excluding hydrogens is 446 g/mol. The van der Waals surface area contributed by atoms with E-state index in [1.807, 2.05) is 6.07 Å². The van der Waals surface area contributed by atoms with Crippen molar-refractivity contribution in [2.24, 2.45) is 0 Å². The fourth-order valence-corrected chi connectivity index (χ4v) is 4.58. The number of halogens is 2. The van der Waals surface area contributed by atoms with E-state index in [4.69, 9.17) is 9.47 Å². The molecule has 34 heavy (non-hydrogen) atoms. The van der Waals surface area contributed by atoms with Crippen LogP contribution in [0.4, 0.5) is 8.78 Å². The first-order valence-corrected chi connectivity index (χ1v) is 11.5. The normalized spacial score (nSPS) is 16.9. The lowest BCUT2D eigenvalue weighted by Gasteiger charge is -2.31. The van der Waals surface area contributed by atoms with E-state index in [1.54, 1.807) is 23.0 Å². The number of rotatable bonds is 9. The first-order chi connectivity index (χ1) is 16.4. The molecule has 1 fully saturated rings. The van der Waals surface area contributed by atoms with E-state index >= 15 is 0 Å². The highest BCUT2D eigenvalue weighted by atomic mass is 19.3. The van der Waals surface area contributed by atoms with E-state index in [1.165, 1.54) is 25.3 Å². The maximum Gasteiger partial charge on any atom is 0.267 e. The topological polar surface area (TPSA) is 97.0 Å². The van der Waals surface area contributed by atoms with Crippen LogP contribution in [-0.4, -0.2) is 44.4 Å². The van der Waals surface area contributed by atoms with Gasteiger partial charge >= 0.3 is 0 Å². The largest absolute Gasteiger partial charge is 0.496 e. The van der Waals surface area contributed by atoms with Crippen molar-refractivity contribution in [3.05, 3.63) is 59.3 Å². The first-order valence-electron chi connectivity index (χ1n) is 11.5. The molecule has 3 N–H and O–H groups in total. The molecule has 4 rings (SSSR count). The Kier molecular flexibility index (Phi) is 7.77. The minimum Gasteiger partial charge on any atom is -0.496 e. The number of ether oxygens (including phenoxy) is 2. The van der Waals surface area contributed by atoms with Crippen LogP contribution < -0.4 is 4.74 Å². The average Bonchev–Trinajstić information content (AvgIpc) is 3.25.